The molecule has 1 aromatic rings. The summed E-state index contributed by atoms with van der Waals surface area (Å²) in [6.45, 7) is 1.12. The Morgan fingerprint density at radius 2 is 2.43 bits per heavy atom. The number of hydrogen-bond donors (Lipinski definition) is 1. The Kier molecular flexibility index (Phi) is 3.21. The molecular weight excluding hydrogens is 194 g/mol. The summed E-state index contributed by atoms with van der Waals surface area (Å²) in [6, 6.07) is 2.34. The summed E-state index contributed by atoms with van der Waals surface area (Å²) in [5, 5.41) is 14.2. The van der Waals surface area contributed by atoms with Crippen molar-refractivity contribution in [2.75, 3.05) is 13.6 Å². The lowest BCUT2D eigenvalue weighted by Gasteiger charge is -2.35. The molecule has 0 radical (unpaired) electrons. The van der Waals surface area contributed by atoms with Crippen LogP contribution in [0.15, 0.2) is 16.8 Å². The summed E-state index contributed by atoms with van der Waals surface area (Å²) in [5.41, 5.74) is 1.08. The van der Waals surface area contributed by atoms with Crippen LogP contribution in [0.1, 0.15) is 30.9 Å². The Morgan fingerprint density at radius 1 is 1.57 bits per heavy atom. The van der Waals surface area contributed by atoms with Crippen LogP contribution in [0.5, 0.6) is 0 Å². The van der Waals surface area contributed by atoms with Gasteiger partial charge in [0.2, 0.25) is 0 Å². The zero-order chi connectivity index (χ0) is 9.97. The van der Waals surface area contributed by atoms with Gasteiger partial charge in [0.25, 0.3) is 0 Å². The lowest BCUT2D eigenvalue weighted by molar-refractivity contribution is 0.0406. The molecule has 2 atom stereocenters. The highest BCUT2D eigenvalue weighted by molar-refractivity contribution is 7.07. The first-order valence-electron chi connectivity index (χ1n) is 5.19. The third kappa shape index (κ3) is 2.00. The van der Waals surface area contributed by atoms with Gasteiger partial charge in [-0.25, -0.2) is 0 Å². The second-order valence-electron chi connectivity index (χ2n) is 4.05. The first-order valence-corrected chi connectivity index (χ1v) is 6.13. The fourth-order valence-corrected chi connectivity index (χ4v) is 2.85. The minimum Gasteiger partial charge on any atom is -0.387 e. The Morgan fingerprint density at radius 3 is 3.07 bits per heavy atom. The van der Waals surface area contributed by atoms with Crippen LogP contribution < -0.4 is 0 Å². The third-order valence-corrected chi connectivity index (χ3v) is 3.78. The normalized spacial score (nSPS) is 26.3. The largest absolute Gasteiger partial charge is 0.387 e. The fraction of sp³-hybridized carbons (Fsp3) is 0.636. The van der Waals surface area contributed by atoms with Gasteiger partial charge in [-0.1, -0.05) is 6.42 Å². The lowest BCUT2D eigenvalue weighted by atomic mass is 9.95. The maximum atomic E-state index is 10.2. The lowest BCUT2D eigenvalue weighted by Crippen LogP contribution is -2.40. The molecule has 0 saturated carbocycles. The van der Waals surface area contributed by atoms with E-state index >= 15 is 0 Å². The molecule has 1 aliphatic heterocycles. The Hall–Kier alpha value is -0.380. The average molecular weight is 211 g/mol. The molecule has 14 heavy (non-hydrogen) atoms. The highest BCUT2D eigenvalue weighted by atomic mass is 32.1. The van der Waals surface area contributed by atoms with Crippen molar-refractivity contribution in [3.63, 3.8) is 0 Å². The molecule has 0 spiro atoms. The number of aliphatic hydroxyl groups is 1. The van der Waals surface area contributed by atoms with E-state index in [0.717, 1.165) is 18.5 Å². The van der Waals surface area contributed by atoms with Gasteiger partial charge in [0, 0.05) is 6.04 Å². The Labute approximate surface area is 89.2 Å². The molecule has 2 nitrogen and oxygen atoms in total. The molecule has 0 bridgehead atoms. The van der Waals surface area contributed by atoms with Crippen LogP contribution in [0.3, 0.4) is 0 Å². The maximum Gasteiger partial charge on any atom is 0.0953 e. The van der Waals surface area contributed by atoms with Crippen molar-refractivity contribution in [3.05, 3.63) is 22.4 Å². The van der Waals surface area contributed by atoms with Crippen molar-refractivity contribution >= 4 is 11.3 Å². The molecule has 2 unspecified atom stereocenters. The van der Waals surface area contributed by atoms with Crippen molar-refractivity contribution in [2.24, 2.45) is 0 Å². The van der Waals surface area contributed by atoms with E-state index in [1.165, 1.54) is 12.8 Å². The second kappa shape index (κ2) is 4.43. The molecule has 78 valence electrons. The van der Waals surface area contributed by atoms with Gasteiger partial charge in [0.1, 0.15) is 0 Å². The van der Waals surface area contributed by atoms with E-state index in [0.29, 0.717) is 6.04 Å². The van der Waals surface area contributed by atoms with E-state index < -0.39 is 0 Å². The summed E-state index contributed by atoms with van der Waals surface area (Å²) in [7, 11) is 2.11. The molecule has 2 heterocycles. The number of rotatable bonds is 2. The van der Waals surface area contributed by atoms with E-state index in [1.807, 2.05) is 16.8 Å². The Bertz CT molecular complexity index is 273. The van der Waals surface area contributed by atoms with Gasteiger partial charge in [-0.3, -0.25) is 0 Å². The minimum atomic E-state index is -0.299. The van der Waals surface area contributed by atoms with Crippen LogP contribution in [-0.4, -0.2) is 29.6 Å². The van der Waals surface area contributed by atoms with Gasteiger partial charge in [-0.15, -0.1) is 0 Å². The monoisotopic (exact) mass is 211 g/mol. The van der Waals surface area contributed by atoms with Crippen LogP contribution in [0.25, 0.3) is 0 Å². The maximum absolute atomic E-state index is 10.2. The molecule has 0 amide bonds. The predicted octanol–water partition coefficient (Wildman–Crippen LogP) is 2.27. The first kappa shape index (κ1) is 10.1. The van der Waals surface area contributed by atoms with Crippen molar-refractivity contribution in [3.8, 4) is 0 Å². The van der Waals surface area contributed by atoms with Crippen LogP contribution in [0.4, 0.5) is 0 Å². The molecule has 1 saturated heterocycles. The van der Waals surface area contributed by atoms with E-state index in [1.54, 1.807) is 11.3 Å². The van der Waals surface area contributed by atoms with Gasteiger partial charge >= 0.3 is 0 Å². The predicted molar refractivity (Wildman–Crippen MR) is 59.5 cm³/mol. The van der Waals surface area contributed by atoms with E-state index in [9.17, 15) is 5.11 Å². The van der Waals surface area contributed by atoms with Crippen molar-refractivity contribution in [1.29, 1.82) is 0 Å². The number of piperidine rings is 1. The van der Waals surface area contributed by atoms with Crippen molar-refractivity contribution in [1.82, 2.24) is 4.90 Å². The zero-order valence-electron chi connectivity index (χ0n) is 8.52. The van der Waals surface area contributed by atoms with Crippen molar-refractivity contribution < 1.29 is 5.11 Å². The van der Waals surface area contributed by atoms with Crippen LogP contribution in [0.2, 0.25) is 0 Å². The average Bonchev–Trinajstić information content (AvgIpc) is 2.70. The highest BCUT2D eigenvalue weighted by Gasteiger charge is 2.27. The summed E-state index contributed by atoms with van der Waals surface area (Å²) < 4.78 is 0. The van der Waals surface area contributed by atoms with Crippen LogP contribution >= 0.6 is 11.3 Å². The van der Waals surface area contributed by atoms with Crippen LogP contribution in [0, 0.1) is 0 Å². The summed E-state index contributed by atoms with van der Waals surface area (Å²) in [6.07, 6.45) is 3.33. The fourth-order valence-electron chi connectivity index (χ4n) is 2.17. The molecule has 3 heteroatoms. The van der Waals surface area contributed by atoms with Gasteiger partial charge < -0.3 is 10.0 Å². The first-order chi connectivity index (χ1) is 6.79. The molecule has 1 aliphatic rings. The number of hydrogen-bond acceptors (Lipinski definition) is 3. The van der Waals surface area contributed by atoms with Gasteiger partial charge in [0.15, 0.2) is 0 Å². The molecular formula is C11H17NOS. The van der Waals surface area contributed by atoms with Crippen LogP contribution in [-0.2, 0) is 0 Å². The molecule has 1 N–H and O–H groups in total. The minimum absolute atomic E-state index is 0.299. The van der Waals surface area contributed by atoms with E-state index in [2.05, 4.69) is 11.9 Å². The number of likely N-dealkylation sites (N-methyl/N-ethyl adjacent to an activating group) is 1. The SMILES string of the molecule is CN1CCCCC1C(O)c1ccsc1. The molecule has 1 fully saturated rings. The number of likely N-dealkylation sites (tertiary alicyclic amines) is 1. The molecule has 1 aromatic heterocycles. The number of aliphatic hydroxyl groups excluding tert-OH is 1. The quantitative estimate of drug-likeness (QED) is 0.811. The topological polar surface area (TPSA) is 23.5 Å². The molecule has 2 rings (SSSR count). The van der Waals surface area contributed by atoms with Gasteiger partial charge in [-0.05, 0) is 48.8 Å². The van der Waals surface area contributed by atoms with Gasteiger partial charge in [0.05, 0.1) is 6.10 Å². The van der Waals surface area contributed by atoms with E-state index in [4.69, 9.17) is 0 Å². The summed E-state index contributed by atoms with van der Waals surface area (Å²) in [4.78, 5) is 2.28. The summed E-state index contributed by atoms with van der Waals surface area (Å²) in [5.74, 6) is 0. The van der Waals surface area contributed by atoms with Gasteiger partial charge in [-0.2, -0.15) is 11.3 Å². The number of thiophene rings is 1. The van der Waals surface area contributed by atoms with Crippen molar-refractivity contribution in [2.45, 2.75) is 31.4 Å². The summed E-state index contributed by atoms with van der Waals surface area (Å²) >= 11 is 1.65. The van der Waals surface area contributed by atoms with E-state index in [-0.39, 0.29) is 6.10 Å². The number of nitrogens with zero attached hydrogens (tertiary/aromatic N) is 1. The third-order valence-electron chi connectivity index (χ3n) is 3.08. The zero-order valence-corrected chi connectivity index (χ0v) is 9.33. The smallest absolute Gasteiger partial charge is 0.0953 e. The standard InChI is InChI=1S/C11H17NOS/c1-12-6-3-2-4-10(12)11(13)9-5-7-14-8-9/h5,7-8,10-11,13H,2-4,6H2,1H3. The highest BCUT2D eigenvalue weighted by Crippen LogP contribution is 2.28. The second-order valence-corrected chi connectivity index (χ2v) is 4.83. The molecule has 0 aromatic carbocycles. The Balaban J connectivity index is 2.06. The molecule has 0 aliphatic carbocycles.